The highest BCUT2D eigenvalue weighted by molar-refractivity contribution is 8.00. The number of amides is 1. The Morgan fingerprint density at radius 3 is 2.46 bits per heavy atom. The lowest BCUT2D eigenvalue weighted by atomic mass is 10.2. The van der Waals surface area contributed by atoms with Crippen LogP contribution in [-0.2, 0) is 19.1 Å². The molecular formula is C18H16FNO5S. The summed E-state index contributed by atoms with van der Waals surface area (Å²) in [5.41, 5.74) is 0.461. The van der Waals surface area contributed by atoms with Crippen LogP contribution in [0.2, 0.25) is 0 Å². The molecule has 0 aromatic heterocycles. The quantitative estimate of drug-likeness (QED) is 0.590. The van der Waals surface area contributed by atoms with Crippen LogP contribution in [0.25, 0.3) is 0 Å². The molecular weight excluding hydrogens is 361 g/mol. The summed E-state index contributed by atoms with van der Waals surface area (Å²) in [7, 11) is 1.24. The molecule has 0 fully saturated rings. The fourth-order valence-corrected chi connectivity index (χ4v) is 2.62. The Labute approximate surface area is 153 Å². The van der Waals surface area contributed by atoms with E-state index in [1.54, 1.807) is 24.3 Å². The van der Waals surface area contributed by atoms with Gasteiger partial charge in [-0.2, -0.15) is 0 Å². The van der Waals surface area contributed by atoms with Gasteiger partial charge in [0, 0.05) is 4.90 Å². The van der Waals surface area contributed by atoms with Gasteiger partial charge in [-0.25, -0.2) is 9.18 Å². The monoisotopic (exact) mass is 377 g/mol. The van der Waals surface area contributed by atoms with Crippen molar-refractivity contribution in [1.29, 1.82) is 0 Å². The van der Waals surface area contributed by atoms with Gasteiger partial charge in [0.25, 0.3) is 5.91 Å². The summed E-state index contributed by atoms with van der Waals surface area (Å²) < 4.78 is 22.3. The van der Waals surface area contributed by atoms with E-state index in [0.717, 1.165) is 0 Å². The fourth-order valence-electron chi connectivity index (χ4n) is 1.93. The zero-order valence-electron chi connectivity index (χ0n) is 13.9. The molecule has 0 spiro atoms. The molecule has 2 rings (SSSR count). The normalized spacial score (nSPS) is 10.1. The summed E-state index contributed by atoms with van der Waals surface area (Å²) in [6, 6.07) is 12.0. The van der Waals surface area contributed by atoms with Crippen molar-refractivity contribution in [1.82, 2.24) is 0 Å². The Morgan fingerprint density at radius 2 is 1.77 bits per heavy atom. The maximum atomic E-state index is 12.8. The van der Waals surface area contributed by atoms with Gasteiger partial charge in [0.15, 0.2) is 6.61 Å². The zero-order chi connectivity index (χ0) is 18.9. The Hall–Kier alpha value is -2.87. The molecule has 0 unspecified atom stereocenters. The first-order chi connectivity index (χ1) is 12.5. The lowest BCUT2D eigenvalue weighted by Crippen LogP contribution is -2.22. The number of methoxy groups -OCH3 is 1. The van der Waals surface area contributed by atoms with Gasteiger partial charge in [0.1, 0.15) is 5.82 Å². The summed E-state index contributed by atoms with van der Waals surface area (Å²) in [6.45, 7) is -0.488. The first-order valence-electron chi connectivity index (χ1n) is 7.51. The molecule has 1 amide bonds. The van der Waals surface area contributed by atoms with Gasteiger partial charge in [-0.1, -0.05) is 12.1 Å². The Kier molecular flexibility index (Phi) is 7.16. The van der Waals surface area contributed by atoms with Crippen molar-refractivity contribution in [2.24, 2.45) is 0 Å². The van der Waals surface area contributed by atoms with E-state index >= 15 is 0 Å². The van der Waals surface area contributed by atoms with Crippen molar-refractivity contribution in [2.45, 2.75) is 4.90 Å². The van der Waals surface area contributed by atoms with Gasteiger partial charge in [-0.05, 0) is 36.4 Å². The number of para-hydroxylation sites is 1. The second-order valence-electron chi connectivity index (χ2n) is 4.99. The first kappa shape index (κ1) is 19.5. The molecule has 0 saturated heterocycles. The number of hydrogen-bond donors (Lipinski definition) is 1. The third-order valence-corrected chi connectivity index (χ3v) is 4.13. The van der Waals surface area contributed by atoms with Crippen molar-refractivity contribution in [3.8, 4) is 0 Å². The molecule has 0 bridgehead atoms. The molecule has 1 N–H and O–H groups in total. The number of rotatable bonds is 7. The number of carbonyl (C=O) groups excluding carboxylic acids is 3. The molecule has 0 atom stereocenters. The molecule has 0 saturated carbocycles. The van der Waals surface area contributed by atoms with Crippen molar-refractivity contribution in [2.75, 3.05) is 24.8 Å². The number of ether oxygens (including phenoxy) is 2. The topological polar surface area (TPSA) is 81.7 Å². The maximum Gasteiger partial charge on any atom is 0.339 e. The fraction of sp³-hybridized carbons (Fsp3) is 0.167. The summed E-state index contributed by atoms with van der Waals surface area (Å²) in [4.78, 5) is 35.9. The van der Waals surface area contributed by atoms with Gasteiger partial charge < -0.3 is 14.8 Å². The van der Waals surface area contributed by atoms with E-state index in [1.165, 1.54) is 43.1 Å². The van der Waals surface area contributed by atoms with E-state index in [0.29, 0.717) is 4.90 Å². The molecule has 26 heavy (non-hydrogen) atoms. The van der Waals surface area contributed by atoms with E-state index in [2.05, 4.69) is 10.1 Å². The van der Waals surface area contributed by atoms with Crippen LogP contribution in [0.3, 0.4) is 0 Å². The molecule has 136 valence electrons. The summed E-state index contributed by atoms with van der Waals surface area (Å²) >= 11 is 1.17. The number of nitrogens with one attached hydrogen (secondary N) is 1. The van der Waals surface area contributed by atoms with Crippen LogP contribution in [-0.4, -0.2) is 37.3 Å². The molecule has 0 aliphatic heterocycles. The minimum Gasteiger partial charge on any atom is -0.465 e. The van der Waals surface area contributed by atoms with E-state index in [9.17, 15) is 18.8 Å². The van der Waals surface area contributed by atoms with Crippen LogP contribution in [0.5, 0.6) is 0 Å². The summed E-state index contributed by atoms with van der Waals surface area (Å²) in [5.74, 6) is -2.14. The van der Waals surface area contributed by atoms with E-state index in [1.807, 2.05) is 0 Å². The molecule has 0 radical (unpaired) electrons. The minimum atomic E-state index is -0.589. The number of esters is 2. The molecule has 2 aromatic rings. The second-order valence-corrected chi connectivity index (χ2v) is 6.04. The maximum absolute atomic E-state index is 12.8. The van der Waals surface area contributed by atoms with E-state index in [4.69, 9.17) is 4.74 Å². The van der Waals surface area contributed by atoms with Crippen molar-refractivity contribution in [3.05, 3.63) is 59.9 Å². The van der Waals surface area contributed by atoms with Crippen molar-refractivity contribution >= 4 is 35.3 Å². The molecule has 0 aliphatic carbocycles. The van der Waals surface area contributed by atoms with Crippen LogP contribution >= 0.6 is 11.8 Å². The van der Waals surface area contributed by atoms with Crippen LogP contribution in [0.4, 0.5) is 10.1 Å². The highest BCUT2D eigenvalue weighted by atomic mass is 32.2. The number of benzene rings is 2. The molecule has 2 aromatic carbocycles. The number of carbonyl (C=O) groups is 3. The summed E-state index contributed by atoms with van der Waals surface area (Å²) in [6.07, 6.45) is 0. The average Bonchev–Trinajstić information content (AvgIpc) is 2.65. The van der Waals surface area contributed by atoms with Gasteiger partial charge in [-0.15, -0.1) is 11.8 Å². The smallest absolute Gasteiger partial charge is 0.339 e. The molecule has 8 heteroatoms. The minimum absolute atomic E-state index is 0.0162. The number of anilines is 1. The van der Waals surface area contributed by atoms with Crippen LogP contribution < -0.4 is 5.32 Å². The lowest BCUT2D eigenvalue weighted by molar-refractivity contribution is -0.144. The number of hydrogen-bond acceptors (Lipinski definition) is 6. The molecule has 0 heterocycles. The summed E-state index contributed by atoms with van der Waals surface area (Å²) in [5, 5.41) is 2.50. The predicted molar refractivity (Wildman–Crippen MR) is 94.5 cm³/mol. The van der Waals surface area contributed by atoms with Crippen LogP contribution in [0, 0.1) is 5.82 Å². The van der Waals surface area contributed by atoms with E-state index in [-0.39, 0.29) is 22.8 Å². The van der Waals surface area contributed by atoms with E-state index < -0.39 is 24.5 Å². The predicted octanol–water partition coefficient (Wildman–Crippen LogP) is 2.89. The molecule has 6 nitrogen and oxygen atoms in total. The largest absolute Gasteiger partial charge is 0.465 e. The van der Waals surface area contributed by atoms with Gasteiger partial charge in [0.2, 0.25) is 0 Å². The SMILES string of the molecule is COC(=O)c1ccccc1NC(=O)COC(=O)CSc1ccc(F)cc1. The average molecular weight is 377 g/mol. The second kappa shape index (κ2) is 9.57. The highest BCUT2D eigenvalue weighted by Gasteiger charge is 2.14. The van der Waals surface area contributed by atoms with Gasteiger partial charge in [-0.3, -0.25) is 9.59 Å². The first-order valence-corrected chi connectivity index (χ1v) is 8.49. The Balaban J connectivity index is 1.80. The number of halogens is 1. The highest BCUT2D eigenvalue weighted by Crippen LogP contribution is 2.18. The third kappa shape index (κ3) is 5.89. The Bertz CT molecular complexity index is 794. The number of thioether (sulfide) groups is 1. The van der Waals surface area contributed by atoms with Crippen LogP contribution in [0.15, 0.2) is 53.4 Å². The lowest BCUT2D eigenvalue weighted by Gasteiger charge is -2.10. The Morgan fingerprint density at radius 1 is 1.08 bits per heavy atom. The standard InChI is InChI=1S/C18H16FNO5S/c1-24-18(23)14-4-2-3-5-15(14)20-16(21)10-25-17(22)11-26-13-8-6-12(19)7-9-13/h2-9H,10-11H2,1H3,(H,20,21). The van der Waals surface area contributed by atoms with Crippen molar-refractivity contribution in [3.63, 3.8) is 0 Å². The molecule has 0 aliphatic rings. The zero-order valence-corrected chi connectivity index (χ0v) is 14.7. The van der Waals surface area contributed by atoms with Crippen LogP contribution in [0.1, 0.15) is 10.4 Å². The van der Waals surface area contributed by atoms with Crippen molar-refractivity contribution < 1.29 is 28.2 Å². The van der Waals surface area contributed by atoms with Gasteiger partial charge >= 0.3 is 11.9 Å². The van der Waals surface area contributed by atoms with Gasteiger partial charge in [0.05, 0.1) is 24.1 Å². The third-order valence-electron chi connectivity index (χ3n) is 3.14.